The predicted molar refractivity (Wildman–Crippen MR) is 115 cm³/mol. The molecule has 0 bridgehead atoms. The largest absolute Gasteiger partial charge is 0.360 e. The van der Waals surface area contributed by atoms with Crippen molar-refractivity contribution in [1.29, 1.82) is 0 Å². The van der Waals surface area contributed by atoms with E-state index in [0.717, 1.165) is 71.3 Å². The van der Waals surface area contributed by atoms with Gasteiger partial charge in [0.1, 0.15) is 17.1 Å². The van der Waals surface area contributed by atoms with Crippen LogP contribution in [0.3, 0.4) is 0 Å². The zero-order chi connectivity index (χ0) is 20.1. The van der Waals surface area contributed by atoms with E-state index >= 15 is 0 Å². The minimum atomic E-state index is 0.387. The summed E-state index contributed by atoms with van der Waals surface area (Å²) in [6.07, 6.45) is 4.26. The van der Waals surface area contributed by atoms with E-state index in [1.807, 2.05) is 24.3 Å². The van der Waals surface area contributed by atoms with Gasteiger partial charge in [0.05, 0.1) is 12.2 Å². The monoisotopic (exact) mass is 419 g/mol. The third-order valence-corrected chi connectivity index (χ3v) is 6.75. The zero-order valence-electron chi connectivity index (χ0n) is 16.5. The first-order valence-corrected chi connectivity index (χ1v) is 10.9. The van der Waals surface area contributed by atoms with Crippen LogP contribution in [0.4, 0.5) is 0 Å². The Morgan fingerprint density at radius 3 is 2.70 bits per heavy atom. The quantitative estimate of drug-likeness (QED) is 0.489. The van der Waals surface area contributed by atoms with Crippen molar-refractivity contribution in [3.8, 4) is 5.69 Å². The van der Waals surface area contributed by atoms with Crippen LogP contribution in [0, 0.1) is 0 Å². The molecule has 6 nitrogen and oxygen atoms in total. The minimum absolute atomic E-state index is 0.387. The summed E-state index contributed by atoms with van der Waals surface area (Å²) in [4.78, 5) is 0. The highest BCUT2D eigenvalue weighted by Gasteiger charge is 2.31. The normalized spacial score (nSPS) is 21.2. The van der Waals surface area contributed by atoms with E-state index in [1.165, 1.54) is 5.56 Å². The van der Waals surface area contributed by atoms with Crippen molar-refractivity contribution >= 4 is 22.5 Å². The van der Waals surface area contributed by atoms with Gasteiger partial charge in [-0.3, -0.25) is 4.57 Å². The Morgan fingerprint density at radius 1 is 0.967 bits per heavy atom. The van der Waals surface area contributed by atoms with Crippen LogP contribution in [0.2, 0.25) is 5.02 Å². The first-order valence-electron chi connectivity index (χ1n) is 10.6. The number of fused-ring (bicyclic) bond motifs is 4. The van der Waals surface area contributed by atoms with Crippen molar-refractivity contribution in [2.45, 2.75) is 50.6 Å². The fraction of sp³-hybridized carbons (Fsp3) is 0.348. The molecule has 0 saturated heterocycles. The summed E-state index contributed by atoms with van der Waals surface area (Å²) in [5.74, 6) is 3.87. The van der Waals surface area contributed by atoms with E-state index in [4.69, 9.17) is 16.1 Å². The second-order valence-electron chi connectivity index (χ2n) is 8.30. The van der Waals surface area contributed by atoms with Gasteiger partial charge in [0.2, 0.25) is 0 Å². The lowest BCUT2D eigenvalue weighted by Crippen LogP contribution is -2.16. The van der Waals surface area contributed by atoms with Gasteiger partial charge in [-0.1, -0.05) is 28.9 Å². The summed E-state index contributed by atoms with van der Waals surface area (Å²) in [7, 11) is 0. The van der Waals surface area contributed by atoms with Crippen LogP contribution in [0.25, 0.3) is 16.6 Å². The molecule has 2 aromatic heterocycles. The van der Waals surface area contributed by atoms with Gasteiger partial charge >= 0.3 is 0 Å². The van der Waals surface area contributed by atoms with E-state index in [9.17, 15) is 0 Å². The van der Waals surface area contributed by atoms with Gasteiger partial charge in [0.25, 0.3) is 0 Å². The number of halogens is 1. The molecule has 0 atom stereocenters. The molecule has 0 amide bonds. The number of hydrogen-bond acceptors (Lipinski definition) is 5. The van der Waals surface area contributed by atoms with Crippen molar-refractivity contribution in [2.75, 3.05) is 0 Å². The molecule has 1 aliphatic heterocycles. The van der Waals surface area contributed by atoms with E-state index in [-0.39, 0.29) is 0 Å². The number of nitrogens with zero attached hydrogens (tertiary/aromatic N) is 4. The third-order valence-electron chi connectivity index (χ3n) is 6.51. The van der Waals surface area contributed by atoms with Crippen LogP contribution >= 0.6 is 11.6 Å². The van der Waals surface area contributed by atoms with Crippen LogP contribution < -0.4 is 5.32 Å². The first kappa shape index (κ1) is 18.1. The van der Waals surface area contributed by atoms with Crippen LogP contribution in [0.15, 0.2) is 47.0 Å². The molecule has 152 valence electrons. The van der Waals surface area contributed by atoms with Crippen molar-refractivity contribution in [3.05, 3.63) is 70.5 Å². The molecule has 1 N–H and O–H groups in total. The summed E-state index contributed by atoms with van der Waals surface area (Å²) in [5.41, 5.74) is 3.27. The highest BCUT2D eigenvalue weighted by Crippen LogP contribution is 2.42. The molecule has 1 saturated carbocycles. The Hall–Kier alpha value is -2.70. The topological polar surface area (TPSA) is 68.8 Å². The Bertz CT molecular complexity index is 1220. The van der Waals surface area contributed by atoms with E-state index in [0.29, 0.717) is 18.4 Å². The fourth-order valence-electron chi connectivity index (χ4n) is 5.01. The Kier molecular flexibility index (Phi) is 4.35. The smallest absolute Gasteiger partial charge is 0.151 e. The number of nitrogens with one attached hydrogen (secondary N) is 1. The van der Waals surface area contributed by atoms with E-state index in [1.54, 1.807) is 0 Å². The summed E-state index contributed by atoms with van der Waals surface area (Å²) in [6, 6.07) is 14.3. The van der Waals surface area contributed by atoms with Crippen molar-refractivity contribution in [1.82, 2.24) is 25.2 Å². The first-order chi connectivity index (χ1) is 14.8. The SMILES string of the molecule is Clc1ccc2c(c1)CNCc1nnc([C@H]3CC[C@@H](c4onc5ccccc54)CC3)n1-2. The molecule has 6 rings (SSSR count). The average molecular weight is 420 g/mol. The van der Waals surface area contributed by atoms with Crippen molar-refractivity contribution in [3.63, 3.8) is 0 Å². The summed E-state index contributed by atoms with van der Waals surface area (Å²) in [5, 5.41) is 18.7. The second-order valence-corrected chi connectivity index (χ2v) is 8.74. The molecule has 0 spiro atoms. The zero-order valence-corrected chi connectivity index (χ0v) is 17.3. The maximum absolute atomic E-state index is 6.24. The molecule has 30 heavy (non-hydrogen) atoms. The second kappa shape index (κ2) is 7.22. The highest BCUT2D eigenvalue weighted by molar-refractivity contribution is 6.30. The van der Waals surface area contributed by atoms with E-state index in [2.05, 4.69) is 43.4 Å². The Balaban J connectivity index is 1.29. The molecule has 2 aliphatic rings. The van der Waals surface area contributed by atoms with Gasteiger partial charge in [0.15, 0.2) is 5.82 Å². The van der Waals surface area contributed by atoms with Crippen LogP contribution in [0.5, 0.6) is 0 Å². The van der Waals surface area contributed by atoms with Gasteiger partial charge < -0.3 is 9.84 Å². The number of rotatable bonds is 2. The van der Waals surface area contributed by atoms with E-state index < -0.39 is 0 Å². The number of aromatic nitrogens is 4. The standard InChI is InChI=1S/C23H22ClN5O/c24-17-9-10-20-16(11-17)12-25-13-21-26-27-23(29(20)21)15-7-5-14(6-8-15)22-18-3-1-2-4-19(18)28-30-22/h1-4,9-11,14-15,25H,5-8,12-13H2/t14-,15+. The molecule has 7 heteroatoms. The summed E-state index contributed by atoms with van der Waals surface area (Å²) >= 11 is 6.24. The van der Waals surface area contributed by atoms with Gasteiger partial charge in [-0.25, -0.2) is 0 Å². The average Bonchev–Trinajstić information content (AvgIpc) is 3.34. The van der Waals surface area contributed by atoms with Crippen LogP contribution in [0.1, 0.15) is 60.5 Å². The Morgan fingerprint density at radius 2 is 1.80 bits per heavy atom. The summed E-state index contributed by atoms with van der Waals surface area (Å²) in [6.45, 7) is 1.49. The maximum Gasteiger partial charge on any atom is 0.151 e. The van der Waals surface area contributed by atoms with Crippen LogP contribution in [-0.2, 0) is 13.1 Å². The molecule has 0 unspecified atom stereocenters. The molecule has 3 heterocycles. The Labute approximate surface area is 179 Å². The minimum Gasteiger partial charge on any atom is -0.360 e. The lowest BCUT2D eigenvalue weighted by molar-refractivity contribution is 0.307. The third kappa shape index (κ3) is 2.94. The molecule has 2 aromatic carbocycles. The molecular formula is C23H22ClN5O. The van der Waals surface area contributed by atoms with Gasteiger partial charge in [-0.05, 0) is 61.6 Å². The van der Waals surface area contributed by atoms with Gasteiger partial charge in [0, 0.05) is 28.8 Å². The maximum atomic E-state index is 6.24. The number of benzene rings is 2. The van der Waals surface area contributed by atoms with Crippen molar-refractivity contribution in [2.24, 2.45) is 0 Å². The molecule has 0 radical (unpaired) electrons. The molecule has 1 fully saturated rings. The lowest BCUT2D eigenvalue weighted by Gasteiger charge is -2.27. The summed E-state index contributed by atoms with van der Waals surface area (Å²) < 4.78 is 7.99. The molecule has 4 aromatic rings. The van der Waals surface area contributed by atoms with Crippen LogP contribution in [-0.4, -0.2) is 19.9 Å². The van der Waals surface area contributed by atoms with Gasteiger partial charge in [-0.2, -0.15) is 0 Å². The lowest BCUT2D eigenvalue weighted by atomic mass is 9.80. The van der Waals surface area contributed by atoms with Gasteiger partial charge in [-0.15, -0.1) is 10.2 Å². The highest BCUT2D eigenvalue weighted by atomic mass is 35.5. The fourth-order valence-corrected chi connectivity index (χ4v) is 5.21. The van der Waals surface area contributed by atoms with Crippen molar-refractivity contribution < 1.29 is 4.52 Å². The predicted octanol–water partition coefficient (Wildman–Crippen LogP) is 5.11. The number of hydrogen-bond donors (Lipinski definition) is 1. The molecule has 1 aliphatic carbocycles. The molecular weight excluding hydrogens is 398 g/mol.